The van der Waals surface area contributed by atoms with Crippen LogP contribution >= 0.6 is 0 Å². The van der Waals surface area contributed by atoms with Crippen LogP contribution in [0.1, 0.15) is 36.5 Å². The van der Waals surface area contributed by atoms with Crippen LogP contribution in [0.5, 0.6) is 5.75 Å². The second-order valence-corrected chi connectivity index (χ2v) is 3.78. The Hall–Kier alpha value is -1.24. The molecule has 0 saturated carbocycles. The SMILES string of the molecule is C=Cc1c(C)ccc(C(C)C)c1OC. The molecular weight excluding hydrogens is 172 g/mol. The first-order chi connectivity index (χ1) is 6.61. The summed E-state index contributed by atoms with van der Waals surface area (Å²) in [7, 11) is 1.72. The number of hydrogen-bond acceptors (Lipinski definition) is 1. The normalized spacial score (nSPS) is 10.4. The van der Waals surface area contributed by atoms with Crippen molar-refractivity contribution in [1.29, 1.82) is 0 Å². The molecule has 0 heterocycles. The molecule has 0 unspecified atom stereocenters. The van der Waals surface area contributed by atoms with Gasteiger partial charge in [0.15, 0.2) is 0 Å². The minimum absolute atomic E-state index is 0.476. The highest BCUT2D eigenvalue weighted by molar-refractivity contribution is 5.62. The average Bonchev–Trinajstić information content (AvgIpc) is 2.16. The van der Waals surface area contributed by atoms with E-state index in [4.69, 9.17) is 4.74 Å². The lowest BCUT2D eigenvalue weighted by Gasteiger charge is -2.15. The Labute approximate surface area is 86.4 Å². The Morgan fingerprint density at radius 3 is 2.43 bits per heavy atom. The van der Waals surface area contributed by atoms with Crippen molar-refractivity contribution in [2.45, 2.75) is 26.7 Å². The molecule has 0 atom stereocenters. The molecule has 0 N–H and O–H groups in total. The molecule has 1 aromatic carbocycles. The van der Waals surface area contributed by atoms with Crippen molar-refractivity contribution < 1.29 is 4.74 Å². The van der Waals surface area contributed by atoms with Crippen molar-refractivity contribution >= 4 is 6.08 Å². The van der Waals surface area contributed by atoms with Crippen LogP contribution in [0.25, 0.3) is 6.08 Å². The van der Waals surface area contributed by atoms with Gasteiger partial charge in [-0.1, -0.05) is 38.6 Å². The Bertz CT molecular complexity index is 337. The summed E-state index contributed by atoms with van der Waals surface area (Å²) in [6.07, 6.45) is 1.86. The second kappa shape index (κ2) is 4.32. The molecule has 0 fully saturated rings. The van der Waals surface area contributed by atoms with Crippen LogP contribution in [0.15, 0.2) is 18.7 Å². The van der Waals surface area contributed by atoms with Crippen LogP contribution in [0.2, 0.25) is 0 Å². The zero-order chi connectivity index (χ0) is 10.7. The summed E-state index contributed by atoms with van der Waals surface area (Å²) >= 11 is 0. The molecule has 1 aromatic rings. The fourth-order valence-corrected chi connectivity index (χ4v) is 1.65. The third-order valence-electron chi connectivity index (χ3n) is 2.47. The van der Waals surface area contributed by atoms with E-state index in [1.807, 2.05) is 6.08 Å². The predicted molar refractivity (Wildman–Crippen MR) is 61.9 cm³/mol. The highest BCUT2D eigenvalue weighted by Gasteiger charge is 2.11. The zero-order valence-electron chi connectivity index (χ0n) is 9.42. The van der Waals surface area contributed by atoms with Crippen LogP contribution in [-0.4, -0.2) is 7.11 Å². The zero-order valence-corrected chi connectivity index (χ0v) is 9.42. The largest absolute Gasteiger partial charge is 0.496 e. The molecule has 0 aliphatic heterocycles. The minimum Gasteiger partial charge on any atom is -0.496 e. The lowest BCUT2D eigenvalue weighted by atomic mass is 9.96. The van der Waals surface area contributed by atoms with Crippen molar-refractivity contribution in [1.82, 2.24) is 0 Å². The van der Waals surface area contributed by atoms with Crippen molar-refractivity contribution in [2.24, 2.45) is 0 Å². The van der Waals surface area contributed by atoms with Crippen LogP contribution in [0.4, 0.5) is 0 Å². The third kappa shape index (κ3) is 1.82. The van der Waals surface area contributed by atoms with E-state index in [0.717, 1.165) is 11.3 Å². The van der Waals surface area contributed by atoms with Gasteiger partial charge in [-0.3, -0.25) is 0 Å². The lowest BCUT2D eigenvalue weighted by Crippen LogP contribution is -1.98. The first kappa shape index (κ1) is 10.8. The van der Waals surface area contributed by atoms with Crippen molar-refractivity contribution in [3.63, 3.8) is 0 Å². The topological polar surface area (TPSA) is 9.23 Å². The molecule has 0 amide bonds. The number of aryl methyl sites for hydroxylation is 1. The molecule has 0 spiro atoms. The molecule has 14 heavy (non-hydrogen) atoms. The molecule has 0 aliphatic rings. The molecule has 1 nitrogen and oxygen atoms in total. The molecular formula is C13H18O. The van der Waals surface area contributed by atoms with Gasteiger partial charge in [0.25, 0.3) is 0 Å². The van der Waals surface area contributed by atoms with E-state index >= 15 is 0 Å². The van der Waals surface area contributed by atoms with Gasteiger partial charge in [0, 0.05) is 5.56 Å². The highest BCUT2D eigenvalue weighted by atomic mass is 16.5. The second-order valence-electron chi connectivity index (χ2n) is 3.78. The summed E-state index contributed by atoms with van der Waals surface area (Å²) in [5.74, 6) is 1.44. The van der Waals surface area contributed by atoms with Gasteiger partial charge in [-0.15, -0.1) is 0 Å². The van der Waals surface area contributed by atoms with E-state index in [-0.39, 0.29) is 0 Å². The van der Waals surface area contributed by atoms with Gasteiger partial charge in [0.05, 0.1) is 7.11 Å². The quantitative estimate of drug-likeness (QED) is 0.705. The number of methoxy groups -OCH3 is 1. The summed E-state index contributed by atoms with van der Waals surface area (Å²) in [5, 5.41) is 0. The average molecular weight is 190 g/mol. The van der Waals surface area contributed by atoms with E-state index < -0.39 is 0 Å². The fraction of sp³-hybridized carbons (Fsp3) is 0.385. The number of ether oxygens (including phenoxy) is 1. The highest BCUT2D eigenvalue weighted by Crippen LogP contribution is 2.32. The van der Waals surface area contributed by atoms with Crippen LogP contribution in [-0.2, 0) is 0 Å². The molecule has 0 aromatic heterocycles. The maximum Gasteiger partial charge on any atom is 0.129 e. The maximum atomic E-state index is 5.44. The Morgan fingerprint density at radius 2 is 2.00 bits per heavy atom. The summed E-state index contributed by atoms with van der Waals surface area (Å²) < 4.78 is 5.44. The summed E-state index contributed by atoms with van der Waals surface area (Å²) in [4.78, 5) is 0. The van der Waals surface area contributed by atoms with Crippen LogP contribution in [0, 0.1) is 6.92 Å². The van der Waals surface area contributed by atoms with E-state index in [0.29, 0.717) is 5.92 Å². The first-order valence-electron chi connectivity index (χ1n) is 4.91. The lowest BCUT2D eigenvalue weighted by molar-refractivity contribution is 0.406. The van der Waals surface area contributed by atoms with E-state index in [1.165, 1.54) is 11.1 Å². The summed E-state index contributed by atoms with van der Waals surface area (Å²) in [6, 6.07) is 4.25. The van der Waals surface area contributed by atoms with Gasteiger partial charge in [0.2, 0.25) is 0 Å². The first-order valence-corrected chi connectivity index (χ1v) is 4.91. The smallest absolute Gasteiger partial charge is 0.129 e. The molecule has 0 aliphatic carbocycles. The van der Waals surface area contributed by atoms with Crippen LogP contribution in [0.3, 0.4) is 0 Å². The number of benzene rings is 1. The van der Waals surface area contributed by atoms with E-state index in [1.54, 1.807) is 7.11 Å². The van der Waals surface area contributed by atoms with Crippen molar-refractivity contribution in [3.8, 4) is 5.75 Å². The molecule has 1 rings (SSSR count). The van der Waals surface area contributed by atoms with Gasteiger partial charge in [-0.2, -0.15) is 0 Å². The van der Waals surface area contributed by atoms with Gasteiger partial charge in [0.1, 0.15) is 5.75 Å². The predicted octanol–water partition coefficient (Wildman–Crippen LogP) is 3.77. The standard InChI is InChI=1S/C13H18O/c1-6-11-10(4)7-8-12(9(2)3)13(11)14-5/h6-9H,1H2,2-5H3. The Kier molecular flexibility index (Phi) is 3.34. The maximum absolute atomic E-state index is 5.44. The Morgan fingerprint density at radius 1 is 1.36 bits per heavy atom. The molecule has 1 heteroatoms. The van der Waals surface area contributed by atoms with Gasteiger partial charge >= 0.3 is 0 Å². The van der Waals surface area contributed by atoms with Gasteiger partial charge < -0.3 is 4.74 Å². The number of hydrogen-bond donors (Lipinski definition) is 0. The summed E-state index contributed by atoms with van der Waals surface area (Å²) in [5.41, 5.74) is 3.56. The molecule has 76 valence electrons. The van der Waals surface area contributed by atoms with Crippen molar-refractivity contribution in [2.75, 3.05) is 7.11 Å². The molecule has 0 radical (unpaired) electrons. The monoisotopic (exact) mass is 190 g/mol. The van der Waals surface area contributed by atoms with Crippen LogP contribution < -0.4 is 4.74 Å². The third-order valence-corrected chi connectivity index (χ3v) is 2.47. The van der Waals surface area contributed by atoms with Crippen molar-refractivity contribution in [3.05, 3.63) is 35.4 Å². The van der Waals surface area contributed by atoms with E-state index in [2.05, 4.69) is 39.5 Å². The minimum atomic E-state index is 0.476. The fourth-order valence-electron chi connectivity index (χ4n) is 1.65. The van der Waals surface area contributed by atoms with Gasteiger partial charge in [-0.05, 0) is 24.0 Å². The summed E-state index contributed by atoms with van der Waals surface area (Å²) in [6.45, 7) is 10.2. The molecule has 0 saturated heterocycles. The number of rotatable bonds is 3. The Balaban J connectivity index is 3.40. The van der Waals surface area contributed by atoms with E-state index in [9.17, 15) is 0 Å². The van der Waals surface area contributed by atoms with Gasteiger partial charge in [-0.25, -0.2) is 0 Å². The molecule has 0 bridgehead atoms.